The predicted octanol–water partition coefficient (Wildman–Crippen LogP) is 2.79. The minimum absolute atomic E-state index is 0.617. The highest BCUT2D eigenvalue weighted by atomic mass is 35.5. The van der Waals surface area contributed by atoms with Crippen LogP contribution >= 0.6 is 11.6 Å². The van der Waals surface area contributed by atoms with E-state index < -0.39 is 0 Å². The molecule has 2 aromatic rings. The summed E-state index contributed by atoms with van der Waals surface area (Å²) in [5, 5.41) is 5.05. The molecule has 0 spiro atoms. The molecule has 0 unspecified atom stereocenters. The van der Waals surface area contributed by atoms with Crippen molar-refractivity contribution in [2.24, 2.45) is 0 Å². The first-order valence-corrected chi connectivity index (χ1v) is 5.26. The van der Waals surface area contributed by atoms with Crippen LogP contribution in [0.4, 0.5) is 0 Å². The Morgan fingerprint density at radius 2 is 2.27 bits per heavy atom. The molecule has 4 heteroatoms. The summed E-state index contributed by atoms with van der Waals surface area (Å²) in [6, 6.07) is 5.67. The largest absolute Gasteiger partial charge is 0.236 e. The van der Waals surface area contributed by atoms with Crippen LogP contribution in [0.2, 0.25) is 5.02 Å². The summed E-state index contributed by atoms with van der Waals surface area (Å²) in [6.07, 6.45) is 2.63. The second-order valence-electron chi connectivity index (χ2n) is 3.35. The Morgan fingerprint density at radius 1 is 1.47 bits per heavy atom. The Labute approximate surface area is 93.7 Å². The Morgan fingerprint density at radius 3 is 2.87 bits per heavy atom. The Bertz CT molecular complexity index is 476. The number of rotatable bonds is 2. The fourth-order valence-corrected chi connectivity index (χ4v) is 1.66. The SMILES string of the molecule is CCc1cc(C)n(-c2ncccc2Cl)n1. The first-order chi connectivity index (χ1) is 7.22. The molecule has 0 aliphatic rings. The lowest BCUT2D eigenvalue weighted by molar-refractivity contribution is 0.794. The van der Waals surface area contributed by atoms with Crippen molar-refractivity contribution < 1.29 is 0 Å². The van der Waals surface area contributed by atoms with Gasteiger partial charge < -0.3 is 0 Å². The average molecular weight is 222 g/mol. The zero-order chi connectivity index (χ0) is 10.8. The van der Waals surface area contributed by atoms with E-state index >= 15 is 0 Å². The highest BCUT2D eigenvalue weighted by Crippen LogP contribution is 2.18. The van der Waals surface area contributed by atoms with Gasteiger partial charge >= 0.3 is 0 Å². The molecule has 78 valence electrons. The minimum Gasteiger partial charge on any atom is -0.236 e. The van der Waals surface area contributed by atoms with E-state index in [4.69, 9.17) is 11.6 Å². The second kappa shape index (κ2) is 4.03. The van der Waals surface area contributed by atoms with E-state index in [-0.39, 0.29) is 0 Å². The number of nitrogens with zero attached hydrogens (tertiary/aromatic N) is 3. The maximum Gasteiger partial charge on any atom is 0.172 e. The Balaban J connectivity index is 2.54. The van der Waals surface area contributed by atoms with Crippen molar-refractivity contribution in [3.05, 3.63) is 40.8 Å². The molecular formula is C11H12ClN3. The van der Waals surface area contributed by atoms with E-state index in [1.807, 2.05) is 25.1 Å². The fourth-order valence-electron chi connectivity index (χ4n) is 1.46. The van der Waals surface area contributed by atoms with Gasteiger partial charge in [0.1, 0.15) is 0 Å². The quantitative estimate of drug-likeness (QED) is 0.781. The van der Waals surface area contributed by atoms with E-state index in [9.17, 15) is 0 Å². The van der Waals surface area contributed by atoms with Crippen molar-refractivity contribution in [1.82, 2.24) is 14.8 Å². The summed E-state index contributed by atoms with van der Waals surface area (Å²) >= 11 is 6.06. The molecule has 3 nitrogen and oxygen atoms in total. The van der Waals surface area contributed by atoms with Crippen molar-refractivity contribution >= 4 is 11.6 Å². The molecule has 0 aliphatic carbocycles. The minimum atomic E-state index is 0.617. The van der Waals surface area contributed by atoms with Crippen molar-refractivity contribution in [3.63, 3.8) is 0 Å². The normalized spacial score (nSPS) is 10.6. The van der Waals surface area contributed by atoms with Crippen molar-refractivity contribution in [1.29, 1.82) is 0 Å². The monoisotopic (exact) mass is 221 g/mol. The molecule has 0 radical (unpaired) electrons. The molecule has 0 atom stereocenters. The van der Waals surface area contributed by atoms with Crippen LogP contribution in [0, 0.1) is 6.92 Å². The van der Waals surface area contributed by atoms with Gasteiger partial charge in [0.15, 0.2) is 5.82 Å². The summed E-state index contributed by atoms with van der Waals surface area (Å²) in [6.45, 7) is 4.07. The average Bonchev–Trinajstić information content (AvgIpc) is 2.60. The zero-order valence-electron chi connectivity index (χ0n) is 8.74. The summed E-state index contributed by atoms with van der Waals surface area (Å²) in [4.78, 5) is 4.23. The Kier molecular flexibility index (Phi) is 2.73. The molecule has 2 rings (SSSR count). The molecule has 0 fully saturated rings. The number of halogens is 1. The molecule has 0 aromatic carbocycles. The molecule has 0 saturated carbocycles. The second-order valence-corrected chi connectivity index (χ2v) is 3.76. The van der Waals surface area contributed by atoms with Crippen LogP contribution in [0.3, 0.4) is 0 Å². The van der Waals surface area contributed by atoms with Crippen LogP contribution in [0.5, 0.6) is 0 Å². The highest BCUT2D eigenvalue weighted by molar-refractivity contribution is 6.32. The molecule has 0 N–H and O–H groups in total. The molecular weight excluding hydrogens is 210 g/mol. The molecule has 0 aliphatic heterocycles. The van der Waals surface area contributed by atoms with Crippen LogP contribution in [0.15, 0.2) is 24.4 Å². The number of aromatic nitrogens is 3. The van der Waals surface area contributed by atoms with Gasteiger partial charge in [-0.2, -0.15) is 5.10 Å². The molecule has 15 heavy (non-hydrogen) atoms. The predicted molar refractivity (Wildman–Crippen MR) is 60.5 cm³/mol. The fraction of sp³-hybridized carbons (Fsp3) is 0.273. The van der Waals surface area contributed by atoms with Crippen LogP contribution < -0.4 is 0 Å². The first kappa shape index (κ1) is 10.2. The van der Waals surface area contributed by atoms with Crippen LogP contribution in [-0.2, 0) is 6.42 Å². The smallest absolute Gasteiger partial charge is 0.172 e. The van der Waals surface area contributed by atoms with Crippen LogP contribution in [0.25, 0.3) is 5.82 Å². The highest BCUT2D eigenvalue weighted by Gasteiger charge is 2.08. The van der Waals surface area contributed by atoms with Crippen molar-refractivity contribution in [3.8, 4) is 5.82 Å². The molecule has 2 heterocycles. The van der Waals surface area contributed by atoms with E-state index in [1.54, 1.807) is 10.9 Å². The van der Waals surface area contributed by atoms with Gasteiger partial charge in [-0.25, -0.2) is 9.67 Å². The summed E-state index contributed by atoms with van der Waals surface area (Å²) in [5.74, 6) is 0.691. The maximum atomic E-state index is 6.06. The molecule has 0 amide bonds. The topological polar surface area (TPSA) is 30.7 Å². The van der Waals surface area contributed by atoms with E-state index in [0.717, 1.165) is 17.8 Å². The van der Waals surface area contributed by atoms with E-state index in [0.29, 0.717) is 10.8 Å². The Hall–Kier alpha value is -1.35. The van der Waals surface area contributed by atoms with Gasteiger partial charge in [-0.3, -0.25) is 0 Å². The summed E-state index contributed by atoms with van der Waals surface area (Å²) in [7, 11) is 0. The third-order valence-electron chi connectivity index (χ3n) is 2.24. The molecule has 0 bridgehead atoms. The zero-order valence-corrected chi connectivity index (χ0v) is 9.49. The third kappa shape index (κ3) is 1.88. The van der Waals surface area contributed by atoms with Gasteiger partial charge in [-0.15, -0.1) is 0 Å². The van der Waals surface area contributed by atoms with Gasteiger partial charge in [0, 0.05) is 11.9 Å². The number of pyridine rings is 1. The number of hydrogen-bond acceptors (Lipinski definition) is 2. The van der Waals surface area contributed by atoms with Crippen molar-refractivity contribution in [2.45, 2.75) is 20.3 Å². The van der Waals surface area contributed by atoms with Gasteiger partial charge in [-0.05, 0) is 31.5 Å². The molecule has 0 saturated heterocycles. The van der Waals surface area contributed by atoms with Crippen molar-refractivity contribution in [2.75, 3.05) is 0 Å². The lowest BCUT2D eigenvalue weighted by atomic mass is 10.3. The lowest BCUT2D eigenvalue weighted by Gasteiger charge is -2.04. The first-order valence-electron chi connectivity index (χ1n) is 4.88. The number of aryl methyl sites for hydroxylation is 2. The van der Waals surface area contributed by atoms with Crippen LogP contribution in [-0.4, -0.2) is 14.8 Å². The van der Waals surface area contributed by atoms with Gasteiger partial charge in [0.2, 0.25) is 0 Å². The lowest BCUT2D eigenvalue weighted by Crippen LogP contribution is -2.02. The summed E-state index contributed by atoms with van der Waals surface area (Å²) in [5.41, 5.74) is 2.10. The van der Waals surface area contributed by atoms with Gasteiger partial charge in [-0.1, -0.05) is 18.5 Å². The maximum absolute atomic E-state index is 6.06. The van der Waals surface area contributed by atoms with Crippen LogP contribution in [0.1, 0.15) is 18.3 Å². The number of hydrogen-bond donors (Lipinski definition) is 0. The van der Waals surface area contributed by atoms with Gasteiger partial charge in [0.25, 0.3) is 0 Å². The van der Waals surface area contributed by atoms with E-state index in [2.05, 4.69) is 17.0 Å². The van der Waals surface area contributed by atoms with Gasteiger partial charge in [0.05, 0.1) is 10.7 Å². The van der Waals surface area contributed by atoms with E-state index in [1.165, 1.54) is 0 Å². The standard InChI is InChI=1S/C11H12ClN3/c1-3-9-7-8(2)15(14-9)11-10(12)5-4-6-13-11/h4-7H,3H2,1-2H3. The summed E-state index contributed by atoms with van der Waals surface area (Å²) < 4.78 is 1.78. The molecule has 2 aromatic heterocycles. The third-order valence-corrected chi connectivity index (χ3v) is 2.53.